The second-order valence-corrected chi connectivity index (χ2v) is 5.58. The summed E-state index contributed by atoms with van der Waals surface area (Å²) in [5.74, 6) is 2.79. The van der Waals surface area contributed by atoms with Crippen LogP contribution in [0, 0.1) is 5.92 Å². The number of rotatable bonds is 7. The SMILES string of the molecule is COc1cc(CNCC2CCN(C)C2)cc(OC)c1OC. The van der Waals surface area contributed by atoms with Crippen LogP contribution in [-0.4, -0.2) is 52.9 Å². The molecule has 5 heteroatoms. The second kappa shape index (κ2) is 7.52. The molecule has 1 saturated heterocycles. The Labute approximate surface area is 127 Å². The average molecular weight is 294 g/mol. The molecule has 0 aromatic heterocycles. The molecule has 1 heterocycles. The molecule has 0 amide bonds. The number of hydrogen-bond acceptors (Lipinski definition) is 5. The molecule has 5 nitrogen and oxygen atoms in total. The Kier molecular flexibility index (Phi) is 5.70. The first kappa shape index (κ1) is 15.9. The minimum Gasteiger partial charge on any atom is -0.493 e. The van der Waals surface area contributed by atoms with Gasteiger partial charge in [-0.1, -0.05) is 0 Å². The smallest absolute Gasteiger partial charge is 0.203 e. The van der Waals surface area contributed by atoms with Crippen LogP contribution in [0.25, 0.3) is 0 Å². The first-order valence-corrected chi connectivity index (χ1v) is 7.36. The van der Waals surface area contributed by atoms with Crippen LogP contribution in [0.1, 0.15) is 12.0 Å². The summed E-state index contributed by atoms with van der Waals surface area (Å²) in [6.07, 6.45) is 1.28. The number of methoxy groups -OCH3 is 3. The third-order valence-electron chi connectivity index (χ3n) is 3.98. The number of nitrogens with one attached hydrogen (secondary N) is 1. The number of benzene rings is 1. The zero-order valence-electron chi connectivity index (χ0n) is 13.4. The molecule has 0 spiro atoms. The average Bonchev–Trinajstić information content (AvgIpc) is 2.91. The molecule has 1 fully saturated rings. The van der Waals surface area contributed by atoms with Crippen LogP contribution in [0.3, 0.4) is 0 Å². The van der Waals surface area contributed by atoms with E-state index in [1.807, 2.05) is 12.1 Å². The van der Waals surface area contributed by atoms with Gasteiger partial charge in [0.1, 0.15) is 0 Å². The van der Waals surface area contributed by atoms with Crippen molar-refractivity contribution in [3.8, 4) is 17.2 Å². The van der Waals surface area contributed by atoms with Gasteiger partial charge in [0.25, 0.3) is 0 Å². The highest BCUT2D eigenvalue weighted by molar-refractivity contribution is 5.53. The molecule has 1 unspecified atom stereocenters. The van der Waals surface area contributed by atoms with Crippen molar-refractivity contribution in [3.05, 3.63) is 17.7 Å². The van der Waals surface area contributed by atoms with E-state index in [1.54, 1.807) is 21.3 Å². The van der Waals surface area contributed by atoms with Crippen molar-refractivity contribution in [1.82, 2.24) is 10.2 Å². The summed E-state index contributed by atoms with van der Waals surface area (Å²) in [6, 6.07) is 3.99. The Morgan fingerprint density at radius 2 is 1.81 bits per heavy atom. The zero-order valence-corrected chi connectivity index (χ0v) is 13.4. The summed E-state index contributed by atoms with van der Waals surface area (Å²) in [4.78, 5) is 2.38. The molecule has 1 aliphatic heterocycles. The lowest BCUT2D eigenvalue weighted by Crippen LogP contribution is -2.24. The summed E-state index contributed by atoms with van der Waals surface area (Å²) in [5.41, 5.74) is 1.14. The fourth-order valence-electron chi connectivity index (χ4n) is 2.85. The lowest BCUT2D eigenvalue weighted by atomic mass is 10.1. The summed E-state index contributed by atoms with van der Waals surface area (Å²) in [6.45, 7) is 4.23. The standard InChI is InChI=1S/C16H26N2O3/c1-18-6-5-12(11-18)9-17-10-13-7-14(19-2)16(21-4)15(8-13)20-3/h7-8,12,17H,5-6,9-11H2,1-4H3. The van der Waals surface area contributed by atoms with Crippen LogP contribution in [0.2, 0.25) is 0 Å². The van der Waals surface area contributed by atoms with Gasteiger partial charge in [0.05, 0.1) is 21.3 Å². The van der Waals surface area contributed by atoms with Crippen molar-refractivity contribution in [2.45, 2.75) is 13.0 Å². The molecule has 118 valence electrons. The molecule has 0 bridgehead atoms. The quantitative estimate of drug-likeness (QED) is 0.830. The second-order valence-electron chi connectivity index (χ2n) is 5.58. The highest BCUT2D eigenvalue weighted by Gasteiger charge is 2.19. The van der Waals surface area contributed by atoms with E-state index >= 15 is 0 Å². The van der Waals surface area contributed by atoms with Gasteiger partial charge in [-0.15, -0.1) is 0 Å². The van der Waals surface area contributed by atoms with E-state index in [1.165, 1.54) is 19.5 Å². The fraction of sp³-hybridized carbons (Fsp3) is 0.625. The largest absolute Gasteiger partial charge is 0.493 e. The molecule has 2 rings (SSSR count). The minimum atomic E-state index is 0.640. The van der Waals surface area contributed by atoms with E-state index in [9.17, 15) is 0 Å². The number of nitrogens with zero attached hydrogens (tertiary/aromatic N) is 1. The van der Waals surface area contributed by atoms with Crippen molar-refractivity contribution >= 4 is 0 Å². The normalized spacial score (nSPS) is 18.8. The Balaban J connectivity index is 1.96. The molecular weight excluding hydrogens is 268 g/mol. The molecule has 0 radical (unpaired) electrons. The maximum Gasteiger partial charge on any atom is 0.203 e. The van der Waals surface area contributed by atoms with Gasteiger partial charge < -0.3 is 24.4 Å². The molecule has 1 N–H and O–H groups in total. The maximum atomic E-state index is 5.37. The molecule has 21 heavy (non-hydrogen) atoms. The number of hydrogen-bond donors (Lipinski definition) is 1. The predicted octanol–water partition coefficient (Wildman–Crippen LogP) is 1.75. The van der Waals surface area contributed by atoms with Crippen molar-refractivity contribution in [2.24, 2.45) is 5.92 Å². The van der Waals surface area contributed by atoms with Crippen molar-refractivity contribution in [3.63, 3.8) is 0 Å². The van der Waals surface area contributed by atoms with Gasteiger partial charge in [-0.25, -0.2) is 0 Å². The van der Waals surface area contributed by atoms with Gasteiger partial charge in [0.15, 0.2) is 11.5 Å². The first-order valence-electron chi connectivity index (χ1n) is 7.36. The molecule has 0 aliphatic carbocycles. The molecule has 1 aromatic carbocycles. The number of ether oxygens (including phenoxy) is 3. The summed E-state index contributed by atoms with van der Waals surface area (Å²) < 4.78 is 16.1. The van der Waals surface area contributed by atoms with E-state index < -0.39 is 0 Å². The van der Waals surface area contributed by atoms with Crippen LogP contribution in [-0.2, 0) is 6.54 Å². The van der Waals surface area contributed by atoms with Crippen LogP contribution < -0.4 is 19.5 Å². The van der Waals surface area contributed by atoms with E-state index in [4.69, 9.17) is 14.2 Å². The van der Waals surface area contributed by atoms with Crippen molar-refractivity contribution < 1.29 is 14.2 Å². The van der Waals surface area contributed by atoms with E-state index in [0.717, 1.165) is 24.6 Å². The topological polar surface area (TPSA) is 43.0 Å². The van der Waals surface area contributed by atoms with Gasteiger partial charge in [0, 0.05) is 13.1 Å². The molecule has 1 atom stereocenters. The lowest BCUT2D eigenvalue weighted by molar-refractivity contribution is 0.323. The van der Waals surface area contributed by atoms with Gasteiger partial charge in [-0.2, -0.15) is 0 Å². The summed E-state index contributed by atoms with van der Waals surface area (Å²) in [7, 11) is 7.08. The molecular formula is C16H26N2O3. The third kappa shape index (κ3) is 4.02. The predicted molar refractivity (Wildman–Crippen MR) is 83.4 cm³/mol. The summed E-state index contributed by atoms with van der Waals surface area (Å²) in [5, 5.41) is 3.53. The van der Waals surface area contributed by atoms with Crippen molar-refractivity contribution in [2.75, 3.05) is 48.0 Å². The minimum absolute atomic E-state index is 0.640. The Morgan fingerprint density at radius 1 is 1.14 bits per heavy atom. The molecule has 0 saturated carbocycles. The maximum absolute atomic E-state index is 5.37. The van der Waals surface area contributed by atoms with Gasteiger partial charge in [0.2, 0.25) is 5.75 Å². The van der Waals surface area contributed by atoms with Crippen LogP contribution in [0.5, 0.6) is 17.2 Å². The monoisotopic (exact) mass is 294 g/mol. The van der Waals surface area contributed by atoms with E-state index in [0.29, 0.717) is 17.2 Å². The van der Waals surface area contributed by atoms with Crippen LogP contribution in [0.15, 0.2) is 12.1 Å². The Hall–Kier alpha value is -1.46. The van der Waals surface area contributed by atoms with Gasteiger partial charge in [-0.05, 0) is 50.2 Å². The Morgan fingerprint density at radius 3 is 2.29 bits per heavy atom. The zero-order chi connectivity index (χ0) is 15.2. The van der Waals surface area contributed by atoms with Gasteiger partial charge >= 0.3 is 0 Å². The van der Waals surface area contributed by atoms with E-state index in [2.05, 4.69) is 17.3 Å². The fourth-order valence-corrected chi connectivity index (χ4v) is 2.85. The van der Waals surface area contributed by atoms with E-state index in [-0.39, 0.29) is 0 Å². The van der Waals surface area contributed by atoms with Crippen molar-refractivity contribution in [1.29, 1.82) is 0 Å². The highest BCUT2D eigenvalue weighted by Crippen LogP contribution is 2.38. The number of likely N-dealkylation sites (tertiary alicyclic amines) is 1. The first-order chi connectivity index (χ1) is 10.2. The highest BCUT2D eigenvalue weighted by atomic mass is 16.5. The van der Waals surface area contributed by atoms with Gasteiger partial charge in [-0.3, -0.25) is 0 Å². The summed E-state index contributed by atoms with van der Waals surface area (Å²) >= 11 is 0. The third-order valence-corrected chi connectivity index (χ3v) is 3.98. The molecule has 1 aliphatic rings. The Bertz CT molecular complexity index is 440. The molecule has 1 aromatic rings. The van der Waals surface area contributed by atoms with Crippen LogP contribution in [0.4, 0.5) is 0 Å². The van der Waals surface area contributed by atoms with Crippen LogP contribution >= 0.6 is 0 Å². The lowest BCUT2D eigenvalue weighted by Gasteiger charge is -2.15.